The zero-order valence-electron chi connectivity index (χ0n) is 11.0. The molecule has 0 heterocycles. The first-order valence-electron chi connectivity index (χ1n) is 6.37. The number of halogens is 3. The summed E-state index contributed by atoms with van der Waals surface area (Å²) in [5.41, 5.74) is -0.00284. The summed E-state index contributed by atoms with van der Waals surface area (Å²) in [5, 5.41) is 11.8. The van der Waals surface area contributed by atoms with Crippen molar-refractivity contribution < 1.29 is 9.50 Å². The number of hydrogen-bond donors (Lipinski definition) is 1. The SMILES string of the molecule is CCC(O)(Cc1c(Cl)cccc1Cl)c1cccc(F)c1. The molecule has 1 unspecified atom stereocenters. The van der Waals surface area contributed by atoms with Gasteiger partial charge >= 0.3 is 0 Å². The van der Waals surface area contributed by atoms with E-state index in [9.17, 15) is 9.50 Å². The molecule has 0 spiro atoms. The van der Waals surface area contributed by atoms with Crippen LogP contribution >= 0.6 is 23.2 Å². The van der Waals surface area contributed by atoms with Crippen LogP contribution in [0.15, 0.2) is 42.5 Å². The minimum absolute atomic E-state index is 0.242. The Balaban J connectivity index is 2.42. The molecule has 0 fully saturated rings. The van der Waals surface area contributed by atoms with Gasteiger partial charge in [-0.25, -0.2) is 4.39 Å². The minimum Gasteiger partial charge on any atom is -0.385 e. The fourth-order valence-corrected chi connectivity index (χ4v) is 2.73. The van der Waals surface area contributed by atoms with Gasteiger partial charge in [-0.2, -0.15) is 0 Å². The third-order valence-corrected chi connectivity index (χ3v) is 4.19. The lowest BCUT2D eigenvalue weighted by molar-refractivity contribution is 0.0324. The molecule has 1 nitrogen and oxygen atoms in total. The summed E-state index contributed by atoms with van der Waals surface area (Å²) in [5.74, 6) is -0.375. The molecule has 0 radical (unpaired) electrons. The van der Waals surface area contributed by atoms with Crippen LogP contribution in [-0.2, 0) is 12.0 Å². The van der Waals surface area contributed by atoms with E-state index in [1.165, 1.54) is 12.1 Å². The Bertz CT molecular complexity index is 595. The molecule has 2 rings (SSSR count). The molecule has 1 atom stereocenters. The molecular formula is C16H15Cl2FO. The van der Waals surface area contributed by atoms with Crippen molar-refractivity contribution in [3.05, 3.63) is 69.5 Å². The van der Waals surface area contributed by atoms with E-state index in [-0.39, 0.29) is 12.2 Å². The predicted molar refractivity (Wildman–Crippen MR) is 80.8 cm³/mol. The lowest BCUT2D eigenvalue weighted by Gasteiger charge is -2.28. The Hall–Kier alpha value is -1.09. The highest BCUT2D eigenvalue weighted by Gasteiger charge is 2.29. The second-order valence-corrected chi connectivity index (χ2v) is 5.59. The third kappa shape index (κ3) is 3.14. The first-order chi connectivity index (χ1) is 9.46. The van der Waals surface area contributed by atoms with Crippen LogP contribution in [0.2, 0.25) is 10.0 Å². The molecular weight excluding hydrogens is 298 g/mol. The normalized spacial score (nSPS) is 14.1. The Morgan fingerprint density at radius 2 is 1.70 bits per heavy atom. The van der Waals surface area contributed by atoms with Crippen molar-refractivity contribution in [3.8, 4) is 0 Å². The summed E-state index contributed by atoms with van der Waals surface area (Å²) in [4.78, 5) is 0. The fraction of sp³-hybridized carbons (Fsp3) is 0.250. The molecule has 2 aromatic rings. The van der Waals surface area contributed by atoms with Gasteiger partial charge in [0.05, 0.1) is 5.60 Å². The Morgan fingerprint density at radius 3 is 2.25 bits per heavy atom. The Labute approximate surface area is 128 Å². The zero-order valence-corrected chi connectivity index (χ0v) is 12.5. The topological polar surface area (TPSA) is 20.2 Å². The van der Waals surface area contributed by atoms with Crippen molar-refractivity contribution in [2.24, 2.45) is 0 Å². The lowest BCUT2D eigenvalue weighted by Crippen LogP contribution is -2.28. The van der Waals surface area contributed by atoms with Gasteiger partial charge in [0.25, 0.3) is 0 Å². The third-order valence-electron chi connectivity index (χ3n) is 3.48. The van der Waals surface area contributed by atoms with E-state index >= 15 is 0 Å². The van der Waals surface area contributed by atoms with Crippen LogP contribution < -0.4 is 0 Å². The minimum atomic E-state index is -1.20. The summed E-state index contributed by atoms with van der Waals surface area (Å²) < 4.78 is 13.4. The van der Waals surface area contributed by atoms with E-state index < -0.39 is 5.60 Å². The van der Waals surface area contributed by atoms with E-state index in [1.54, 1.807) is 30.3 Å². The molecule has 0 bridgehead atoms. The quantitative estimate of drug-likeness (QED) is 0.844. The van der Waals surface area contributed by atoms with Crippen molar-refractivity contribution in [1.82, 2.24) is 0 Å². The largest absolute Gasteiger partial charge is 0.385 e. The molecule has 4 heteroatoms. The second-order valence-electron chi connectivity index (χ2n) is 4.77. The van der Waals surface area contributed by atoms with Gasteiger partial charge in [0.2, 0.25) is 0 Å². The van der Waals surface area contributed by atoms with Crippen molar-refractivity contribution in [2.45, 2.75) is 25.4 Å². The van der Waals surface area contributed by atoms with Crippen LogP contribution in [0, 0.1) is 5.82 Å². The number of hydrogen-bond acceptors (Lipinski definition) is 1. The van der Waals surface area contributed by atoms with Crippen LogP contribution in [0.3, 0.4) is 0 Å². The zero-order chi connectivity index (χ0) is 14.8. The van der Waals surface area contributed by atoms with Crippen molar-refractivity contribution in [1.29, 1.82) is 0 Å². The monoisotopic (exact) mass is 312 g/mol. The van der Waals surface area contributed by atoms with E-state index in [0.717, 1.165) is 0 Å². The second kappa shape index (κ2) is 6.13. The van der Waals surface area contributed by atoms with Gasteiger partial charge in [-0.1, -0.05) is 48.3 Å². The molecule has 20 heavy (non-hydrogen) atoms. The van der Waals surface area contributed by atoms with E-state index in [2.05, 4.69) is 0 Å². The van der Waals surface area contributed by atoms with Crippen LogP contribution in [0.25, 0.3) is 0 Å². The van der Waals surface area contributed by atoms with Gasteiger partial charge in [0.15, 0.2) is 0 Å². The first kappa shape index (κ1) is 15.3. The summed E-state index contributed by atoms with van der Waals surface area (Å²) in [7, 11) is 0. The molecule has 0 aliphatic heterocycles. The van der Waals surface area contributed by atoms with Gasteiger partial charge in [-0.15, -0.1) is 0 Å². The smallest absolute Gasteiger partial charge is 0.123 e. The summed E-state index contributed by atoms with van der Waals surface area (Å²) in [6.07, 6.45) is 0.670. The average Bonchev–Trinajstić information content (AvgIpc) is 2.43. The summed E-state index contributed by atoms with van der Waals surface area (Å²) in [6, 6.07) is 11.2. The van der Waals surface area contributed by atoms with Crippen LogP contribution in [0.1, 0.15) is 24.5 Å². The predicted octanol–water partition coefficient (Wildman–Crippen LogP) is 4.97. The molecule has 1 N–H and O–H groups in total. The molecule has 0 aromatic heterocycles. The maximum Gasteiger partial charge on any atom is 0.123 e. The highest BCUT2D eigenvalue weighted by molar-refractivity contribution is 6.36. The van der Waals surface area contributed by atoms with Gasteiger partial charge < -0.3 is 5.11 Å². The highest BCUT2D eigenvalue weighted by Crippen LogP contribution is 2.35. The molecule has 0 saturated carbocycles. The van der Waals surface area contributed by atoms with Gasteiger partial charge in [-0.05, 0) is 41.8 Å². The molecule has 0 aliphatic carbocycles. The van der Waals surface area contributed by atoms with Crippen molar-refractivity contribution in [3.63, 3.8) is 0 Å². The fourth-order valence-electron chi connectivity index (χ4n) is 2.20. The van der Waals surface area contributed by atoms with Crippen LogP contribution in [-0.4, -0.2) is 5.11 Å². The van der Waals surface area contributed by atoms with Crippen molar-refractivity contribution in [2.75, 3.05) is 0 Å². The standard InChI is InChI=1S/C16H15Cl2FO/c1-2-16(20,11-5-3-6-12(19)9-11)10-13-14(17)7-4-8-15(13)18/h3-9,20H,2,10H2,1H3. The molecule has 2 aromatic carbocycles. The molecule has 106 valence electrons. The molecule has 0 amide bonds. The van der Waals surface area contributed by atoms with E-state index in [0.29, 0.717) is 27.6 Å². The van der Waals surface area contributed by atoms with E-state index in [4.69, 9.17) is 23.2 Å². The Kier molecular flexibility index (Phi) is 4.69. The number of benzene rings is 2. The van der Waals surface area contributed by atoms with Crippen LogP contribution in [0.5, 0.6) is 0 Å². The Morgan fingerprint density at radius 1 is 1.10 bits per heavy atom. The average molecular weight is 313 g/mol. The van der Waals surface area contributed by atoms with Crippen molar-refractivity contribution >= 4 is 23.2 Å². The summed E-state index contributed by atoms with van der Waals surface area (Å²) >= 11 is 12.3. The van der Waals surface area contributed by atoms with Crippen LogP contribution in [0.4, 0.5) is 4.39 Å². The molecule has 0 aliphatic rings. The molecule has 0 saturated heterocycles. The number of rotatable bonds is 4. The maximum absolute atomic E-state index is 13.4. The number of aliphatic hydroxyl groups is 1. The van der Waals surface area contributed by atoms with Gasteiger partial charge in [-0.3, -0.25) is 0 Å². The maximum atomic E-state index is 13.4. The van der Waals surface area contributed by atoms with E-state index in [1.807, 2.05) is 6.92 Å². The van der Waals surface area contributed by atoms with Gasteiger partial charge in [0.1, 0.15) is 5.82 Å². The first-order valence-corrected chi connectivity index (χ1v) is 7.13. The highest BCUT2D eigenvalue weighted by atomic mass is 35.5. The van der Waals surface area contributed by atoms with Gasteiger partial charge in [0, 0.05) is 16.5 Å². The lowest BCUT2D eigenvalue weighted by atomic mass is 9.85. The summed E-state index contributed by atoms with van der Waals surface area (Å²) in [6.45, 7) is 1.84.